The van der Waals surface area contributed by atoms with Crippen LogP contribution in [0.3, 0.4) is 0 Å². The fourth-order valence-corrected chi connectivity index (χ4v) is 3.23. The third kappa shape index (κ3) is 7.07. The summed E-state index contributed by atoms with van der Waals surface area (Å²) in [5.74, 6) is 1.44. The molecule has 0 aromatic heterocycles. The molecule has 1 N–H and O–H groups in total. The van der Waals surface area contributed by atoms with Gasteiger partial charge in [0.25, 0.3) is 0 Å². The van der Waals surface area contributed by atoms with Crippen molar-refractivity contribution >= 4 is 10.8 Å². The molecular weight excluding hydrogens is 206 g/mol. The molecule has 0 radical (unpaired) electrons. The van der Waals surface area contributed by atoms with E-state index < -0.39 is 10.8 Å². The minimum atomic E-state index is -0.659. The highest BCUT2D eigenvalue weighted by atomic mass is 32.2. The molecule has 0 heterocycles. The average molecular weight is 233 g/mol. The third-order valence-corrected chi connectivity index (χ3v) is 4.82. The van der Waals surface area contributed by atoms with Gasteiger partial charge in [0.2, 0.25) is 0 Å². The van der Waals surface area contributed by atoms with Crippen LogP contribution in [0, 0.1) is 5.92 Å². The van der Waals surface area contributed by atoms with Crippen molar-refractivity contribution in [2.75, 3.05) is 12.3 Å². The van der Waals surface area contributed by atoms with E-state index in [9.17, 15) is 4.21 Å². The minimum Gasteiger partial charge on any atom is -0.314 e. The van der Waals surface area contributed by atoms with Gasteiger partial charge >= 0.3 is 0 Å². The van der Waals surface area contributed by atoms with Crippen LogP contribution in [0.5, 0.6) is 0 Å². The van der Waals surface area contributed by atoms with Gasteiger partial charge in [0.1, 0.15) is 0 Å². The molecule has 4 atom stereocenters. The van der Waals surface area contributed by atoms with E-state index in [1.807, 2.05) is 0 Å². The van der Waals surface area contributed by atoms with Gasteiger partial charge in [0.15, 0.2) is 0 Å². The molecule has 0 aliphatic carbocycles. The fourth-order valence-electron chi connectivity index (χ4n) is 1.60. The molecule has 0 aromatic carbocycles. The lowest BCUT2D eigenvalue weighted by Gasteiger charge is -2.19. The van der Waals surface area contributed by atoms with Crippen LogP contribution in [0.15, 0.2) is 0 Å². The maximum atomic E-state index is 11.9. The first-order valence-corrected chi connectivity index (χ1v) is 7.49. The van der Waals surface area contributed by atoms with E-state index in [-0.39, 0.29) is 0 Å². The second kappa shape index (κ2) is 8.28. The summed E-state index contributed by atoms with van der Waals surface area (Å²) in [6.07, 6.45) is 2.14. The van der Waals surface area contributed by atoms with Gasteiger partial charge in [0, 0.05) is 27.8 Å². The standard InChI is InChI=1S/C12H27NOS/c1-6-10(3)9-15(14)12(5)8-11(4)13-7-2/h10-13H,6-9H2,1-5H3. The molecule has 0 amide bonds. The third-order valence-electron chi connectivity index (χ3n) is 2.83. The molecule has 4 unspecified atom stereocenters. The highest BCUT2D eigenvalue weighted by Gasteiger charge is 2.16. The van der Waals surface area contributed by atoms with E-state index in [1.165, 1.54) is 0 Å². The molecule has 0 aromatic rings. The molecule has 15 heavy (non-hydrogen) atoms. The zero-order chi connectivity index (χ0) is 11.8. The Kier molecular flexibility index (Phi) is 8.34. The van der Waals surface area contributed by atoms with Crippen LogP contribution in [0.2, 0.25) is 0 Å². The summed E-state index contributed by atoms with van der Waals surface area (Å²) < 4.78 is 11.9. The van der Waals surface area contributed by atoms with Crippen LogP contribution in [0.1, 0.15) is 47.5 Å². The first kappa shape index (κ1) is 15.1. The topological polar surface area (TPSA) is 29.1 Å². The van der Waals surface area contributed by atoms with Gasteiger partial charge in [-0.2, -0.15) is 0 Å². The van der Waals surface area contributed by atoms with Gasteiger partial charge < -0.3 is 5.32 Å². The van der Waals surface area contributed by atoms with Crippen molar-refractivity contribution in [2.45, 2.75) is 58.8 Å². The molecule has 0 aliphatic heterocycles. The molecular formula is C12H27NOS. The van der Waals surface area contributed by atoms with Crippen molar-refractivity contribution in [2.24, 2.45) is 5.92 Å². The zero-order valence-electron chi connectivity index (χ0n) is 10.9. The highest BCUT2D eigenvalue weighted by molar-refractivity contribution is 7.85. The Morgan fingerprint density at radius 1 is 1.20 bits per heavy atom. The second-order valence-corrected chi connectivity index (χ2v) is 6.47. The minimum absolute atomic E-state index is 0.313. The summed E-state index contributed by atoms with van der Waals surface area (Å²) in [6, 6.07) is 0.478. The van der Waals surface area contributed by atoms with E-state index in [0.29, 0.717) is 17.2 Å². The Morgan fingerprint density at radius 3 is 2.27 bits per heavy atom. The summed E-state index contributed by atoms with van der Waals surface area (Å²) in [6.45, 7) is 11.7. The van der Waals surface area contributed by atoms with Crippen LogP contribution in [0.4, 0.5) is 0 Å². The Morgan fingerprint density at radius 2 is 1.80 bits per heavy atom. The molecule has 0 rings (SSSR count). The SMILES string of the molecule is CCNC(C)CC(C)S(=O)CC(C)CC. The van der Waals surface area contributed by atoms with Crippen LogP contribution in [0.25, 0.3) is 0 Å². The maximum absolute atomic E-state index is 11.9. The lowest BCUT2D eigenvalue weighted by Crippen LogP contribution is -2.31. The van der Waals surface area contributed by atoms with Crippen LogP contribution in [-0.4, -0.2) is 27.8 Å². The number of nitrogens with one attached hydrogen (secondary N) is 1. The molecule has 0 saturated heterocycles. The molecule has 0 spiro atoms. The van der Waals surface area contributed by atoms with Crippen molar-refractivity contribution in [3.8, 4) is 0 Å². The Labute approximate surface area is 97.7 Å². The number of hydrogen-bond donors (Lipinski definition) is 1. The Bertz CT molecular complexity index is 184. The van der Waals surface area contributed by atoms with Crippen molar-refractivity contribution in [3.05, 3.63) is 0 Å². The fraction of sp³-hybridized carbons (Fsp3) is 1.00. The molecule has 2 nitrogen and oxygen atoms in total. The lowest BCUT2D eigenvalue weighted by molar-refractivity contribution is 0.521. The normalized spacial score (nSPS) is 19.5. The van der Waals surface area contributed by atoms with Crippen molar-refractivity contribution in [1.29, 1.82) is 0 Å². The van der Waals surface area contributed by atoms with Gasteiger partial charge in [-0.3, -0.25) is 4.21 Å². The van der Waals surface area contributed by atoms with Gasteiger partial charge in [-0.25, -0.2) is 0 Å². The second-order valence-electron chi connectivity index (χ2n) is 4.57. The van der Waals surface area contributed by atoms with Gasteiger partial charge in [0.05, 0.1) is 0 Å². The van der Waals surface area contributed by atoms with Crippen LogP contribution in [-0.2, 0) is 10.8 Å². The van der Waals surface area contributed by atoms with Crippen molar-refractivity contribution in [3.63, 3.8) is 0 Å². The number of rotatable bonds is 8. The molecule has 0 aliphatic rings. The Balaban J connectivity index is 3.87. The first-order valence-electron chi connectivity index (χ1n) is 6.11. The smallest absolute Gasteiger partial charge is 0.0334 e. The average Bonchev–Trinajstić information content (AvgIpc) is 2.17. The van der Waals surface area contributed by atoms with Crippen molar-refractivity contribution < 1.29 is 4.21 Å². The van der Waals surface area contributed by atoms with E-state index >= 15 is 0 Å². The van der Waals surface area contributed by atoms with Crippen molar-refractivity contribution in [1.82, 2.24) is 5.32 Å². The van der Waals surface area contributed by atoms with E-state index in [2.05, 4.69) is 39.9 Å². The molecule has 0 saturated carbocycles. The molecule has 0 fully saturated rings. The lowest BCUT2D eigenvalue weighted by atomic mass is 10.2. The summed E-state index contributed by atoms with van der Waals surface area (Å²) in [7, 11) is -0.659. The van der Waals surface area contributed by atoms with E-state index in [0.717, 1.165) is 25.1 Å². The van der Waals surface area contributed by atoms with Gasteiger partial charge in [-0.05, 0) is 25.8 Å². The summed E-state index contributed by atoms with van der Waals surface area (Å²) in [4.78, 5) is 0. The Hall–Kier alpha value is 0.110. The van der Waals surface area contributed by atoms with Crippen LogP contribution < -0.4 is 5.32 Å². The maximum Gasteiger partial charge on any atom is 0.0334 e. The zero-order valence-corrected chi connectivity index (χ0v) is 11.7. The monoisotopic (exact) mass is 233 g/mol. The van der Waals surface area contributed by atoms with E-state index in [1.54, 1.807) is 0 Å². The molecule has 3 heteroatoms. The highest BCUT2D eigenvalue weighted by Crippen LogP contribution is 2.10. The summed E-state index contributed by atoms with van der Waals surface area (Å²) in [5, 5.41) is 3.68. The quantitative estimate of drug-likeness (QED) is 0.698. The van der Waals surface area contributed by atoms with E-state index in [4.69, 9.17) is 0 Å². The summed E-state index contributed by atoms with van der Waals surface area (Å²) >= 11 is 0. The van der Waals surface area contributed by atoms with Crippen LogP contribution >= 0.6 is 0 Å². The predicted octanol–water partition coefficient (Wildman–Crippen LogP) is 2.56. The molecule has 92 valence electrons. The molecule has 0 bridgehead atoms. The first-order chi connectivity index (χ1) is 7.01. The van der Waals surface area contributed by atoms with Gasteiger partial charge in [-0.1, -0.05) is 34.1 Å². The van der Waals surface area contributed by atoms with Gasteiger partial charge in [-0.15, -0.1) is 0 Å². The predicted molar refractivity (Wildman–Crippen MR) is 69.7 cm³/mol. The summed E-state index contributed by atoms with van der Waals surface area (Å²) in [5.41, 5.74) is 0. The largest absolute Gasteiger partial charge is 0.314 e. The number of hydrogen-bond acceptors (Lipinski definition) is 2.